The number of allylic oxidation sites excluding steroid dienone is 2. The quantitative estimate of drug-likeness (QED) is 0.544. The molecule has 0 aromatic carbocycles. The van der Waals surface area contributed by atoms with E-state index < -0.39 is 0 Å². The summed E-state index contributed by atoms with van der Waals surface area (Å²) in [4.78, 5) is 2.98. The molecule has 0 aliphatic carbocycles. The minimum atomic E-state index is 1.06. The molecule has 0 saturated heterocycles. The second-order valence-electron chi connectivity index (χ2n) is 3.43. The third kappa shape index (κ3) is 3.97. The van der Waals surface area contributed by atoms with Gasteiger partial charge < -0.3 is 0 Å². The van der Waals surface area contributed by atoms with Crippen molar-refractivity contribution in [2.45, 2.75) is 33.1 Å². The maximum atomic E-state index is 3.44. The first-order chi connectivity index (χ1) is 6.76. The molecule has 1 rings (SSSR count). The second-order valence-corrected chi connectivity index (χ2v) is 5.47. The second kappa shape index (κ2) is 6.41. The van der Waals surface area contributed by atoms with Crippen LogP contribution in [-0.4, -0.2) is 5.33 Å². The van der Waals surface area contributed by atoms with Gasteiger partial charge in [-0.25, -0.2) is 0 Å². The van der Waals surface area contributed by atoms with Crippen LogP contribution in [0.2, 0.25) is 0 Å². The molecule has 0 radical (unpaired) electrons. The van der Waals surface area contributed by atoms with Crippen molar-refractivity contribution in [1.82, 2.24) is 0 Å². The molecule has 0 unspecified atom stereocenters. The first-order valence-electron chi connectivity index (χ1n) is 5.05. The largest absolute Gasteiger partial charge is 0.145 e. The van der Waals surface area contributed by atoms with Gasteiger partial charge in [-0.15, -0.1) is 11.3 Å². The van der Waals surface area contributed by atoms with Gasteiger partial charge >= 0.3 is 0 Å². The van der Waals surface area contributed by atoms with Crippen LogP contribution in [0, 0.1) is 0 Å². The predicted octanol–water partition coefficient (Wildman–Crippen LogP) is 4.58. The molecule has 0 spiro atoms. The monoisotopic (exact) mass is 272 g/mol. The minimum absolute atomic E-state index is 1.06. The Morgan fingerprint density at radius 3 is 2.71 bits per heavy atom. The van der Waals surface area contributed by atoms with Crippen LogP contribution in [-0.2, 0) is 12.8 Å². The Balaban J connectivity index is 2.51. The van der Waals surface area contributed by atoms with Gasteiger partial charge in [0.05, 0.1) is 0 Å². The van der Waals surface area contributed by atoms with Crippen LogP contribution in [0.4, 0.5) is 0 Å². The van der Waals surface area contributed by atoms with Crippen molar-refractivity contribution in [3.8, 4) is 0 Å². The van der Waals surface area contributed by atoms with Crippen molar-refractivity contribution in [2.75, 3.05) is 5.33 Å². The van der Waals surface area contributed by atoms with Crippen molar-refractivity contribution in [2.24, 2.45) is 0 Å². The SMILES string of the molecule is CCc1ccc(CC(C)=CCCBr)s1. The van der Waals surface area contributed by atoms with E-state index in [2.05, 4.69) is 48.0 Å². The fourth-order valence-electron chi connectivity index (χ4n) is 1.36. The Morgan fingerprint density at radius 1 is 1.43 bits per heavy atom. The normalized spacial score (nSPS) is 12.1. The molecule has 0 aliphatic heterocycles. The highest BCUT2D eigenvalue weighted by atomic mass is 79.9. The van der Waals surface area contributed by atoms with Crippen molar-refractivity contribution < 1.29 is 0 Å². The van der Waals surface area contributed by atoms with Gasteiger partial charge in [0.1, 0.15) is 0 Å². The molecule has 1 aromatic rings. The van der Waals surface area contributed by atoms with Crippen molar-refractivity contribution >= 4 is 27.3 Å². The summed E-state index contributed by atoms with van der Waals surface area (Å²) in [6, 6.07) is 4.51. The zero-order valence-corrected chi connectivity index (χ0v) is 11.2. The molecule has 78 valence electrons. The Labute approximate surface area is 99.2 Å². The molecule has 0 saturated carbocycles. The van der Waals surface area contributed by atoms with Crippen molar-refractivity contribution in [3.63, 3.8) is 0 Å². The van der Waals surface area contributed by atoms with Crippen LogP contribution in [0.15, 0.2) is 23.8 Å². The third-order valence-corrected chi connectivity index (χ3v) is 3.81. The zero-order valence-electron chi connectivity index (χ0n) is 8.85. The number of thiophene rings is 1. The Bertz CT molecular complexity index is 299. The molecule has 0 nitrogen and oxygen atoms in total. The van der Waals surface area contributed by atoms with E-state index in [0.717, 1.165) is 24.6 Å². The predicted molar refractivity (Wildman–Crippen MR) is 69.6 cm³/mol. The van der Waals surface area contributed by atoms with E-state index in [1.54, 1.807) is 0 Å². The van der Waals surface area contributed by atoms with Crippen LogP contribution in [0.25, 0.3) is 0 Å². The summed E-state index contributed by atoms with van der Waals surface area (Å²) in [5.74, 6) is 0. The molecular formula is C12H17BrS. The fraction of sp³-hybridized carbons (Fsp3) is 0.500. The van der Waals surface area contributed by atoms with E-state index in [4.69, 9.17) is 0 Å². The van der Waals surface area contributed by atoms with Gasteiger partial charge in [0, 0.05) is 21.5 Å². The maximum absolute atomic E-state index is 3.44. The zero-order chi connectivity index (χ0) is 10.4. The fourth-order valence-corrected chi connectivity index (χ4v) is 2.64. The highest BCUT2D eigenvalue weighted by Gasteiger charge is 1.99. The minimum Gasteiger partial charge on any atom is -0.145 e. The molecule has 14 heavy (non-hydrogen) atoms. The maximum Gasteiger partial charge on any atom is 0.00885 e. The molecule has 0 bridgehead atoms. The van der Waals surface area contributed by atoms with E-state index in [0.29, 0.717) is 0 Å². The lowest BCUT2D eigenvalue weighted by Crippen LogP contribution is -1.82. The molecular weight excluding hydrogens is 256 g/mol. The first-order valence-corrected chi connectivity index (χ1v) is 6.99. The Hall–Kier alpha value is -0.0800. The summed E-state index contributed by atoms with van der Waals surface area (Å²) in [6.45, 7) is 4.43. The summed E-state index contributed by atoms with van der Waals surface area (Å²) in [5, 5.41) is 1.06. The van der Waals surface area contributed by atoms with Gasteiger partial charge in [0.2, 0.25) is 0 Å². The average Bonchev–Trinajstić information content (AvgIpc) is 2.62. The third-order valence-electron chi connectivity index (χ3n) is 2.12. The van der Waals surface area contributed by atoms with Crippen LogP contribution in [0.3, 0.4) is 0 Å². The van der Waals surface area contributed by atoms with Crippen LogP contribution >= 0.6 is 27.3 Å². The van der Waals surface area contributed by atoms with Crippen molar-refractivity contribution in [1.29, 1.82) is 0 Å². The summed E-state index contributed by atoms with van der Waals surface area (Å²) >= 11 is 5.38. The van der Waals surface area contributed by atoms with Crippen LogP contribution in [0.5, 0.6) is 0 Å². The molecule has 1 aromatic heterocycles. The summed E-state index contributed by atoms with van der Waals surface area (Å²) in [5.41, 5.74) is 1.48. The van der Waals surface area contributed by atoms with E-state index in [1.807, 2.05) is 11.3 Å². The molecule has 1 heterocycles. The first kappa shape index (κ1) is 12.0. The van der Waals surface area contributed by atoms with E-state index in [-0.39, 0.29) is 0 Å². The highest BCUT2D eigenvalue weighted by Crippen LogP contribution is 2.20. The number of aryl methyl sites for hydroxylation is 1. The van der Waals surface area contributed by atoms with Gasteiger partial charge in [-0.1, -0.05) is 34.5 Å². The topological polar surface area (TPSA) is 0 Å². The standard InChI is InChI=1S/C12H17BrS/c1-3-11-6-7-12(14-11)9-10(2)5-4-8-13/h5-7H,3-4,8-9H2,1-2H3. The molecule has 2 heteroatoms. The van der Waals surface area contributed by atoms with Gasteiger partial charge in [-0.05, 0) is 31.9 Å². The van der Waals surface area contributed by atoms with Crippen LogP contribution in [0.1, 0.15) is 30.0 Å². The van der Waals surface area contributed by atoms with E-state index >= 15 is 0 Å². The lowest BCUT2D eigenvalue weighted by Gasteiger charge is -1.97. The summed E-state index contributed by atoms with van der Waals surface area (Å²) < 4.78 is 0. The number of alkyl halides is 1. The summed E-state index contributed by atoms with van der Waals surface area (Å²) in [6.07, 6.45) is 5.74. The molecule has 0 amide bonds. The van der Waals surface area contributed by atoms with Crippen LogP contribution < -0.4 is 0 Å². The Kier molecular flexibility index (Phi) is 5.49. The van der Waals surface area contributed by atoms with Gasteiger partial charge in [-0.2, -0.15) is 0 Å². The summed E-state index contributed by atoms with van der Waals surface area (Å²) in [7, 11) is 0. The molecule has 0 fully saturated rings. The number of hydrogen-bond donors (Lipinski definition) is 0. The van der Waals surface area contributed by atoms with Gasteiger partial charge in [0.25, 0.3) is 0 Å². The highest BCUT2D eigenvalue weighted by molar-refractivity contribution is 9.09. The number of halogens is 1. The molecule has 0 aliphatic rings. The lowest BCUT2D eigenvalue weighted by atomic mass is 10.1. The number of hydrogen-bond acceptors (Lipinski definition) is 1. The average molecular weight is 273 g/mol. The van der Waals surface area contributed by atoms with E-state index in [1.165, 1.54) is 15.3 Å². The lowest BCUT2D eigenvalue weighted by molar-refractivity contribution is 1.12. The smallest absolute Gasteiger partial charge is 0.00885 e. The van der Waals surface area contributed by atoms with Crippen molar-refractivity contribution in [3.05, 3.63) is 33.5 Å². The molecule has 0 atom stereocenters. The Morgan fingerprint density at radius 2 is 2.14 bits per heavy atom. The van der Waals surface area contributed by atoms with E-state index in [9.17, 15) is 0 Å². The van der Waals surface area contributed by atoms with Gasteiger partial charge in [-0.3, -0.25) is 0 Å². The molecule has 0 N–H and O–H groups in total. The van der Waals surface area contributed by atoms with Gasteiger partial charge in [0.15, 0.2) is 0 Å². The number of rotatable bonds is 5.